The largest absolute Gasteiger partial charge is 0.0760 e. The highest BCUT2D eigenvalue weighted by molar-refractivity contribution is 6.25. The van der Waals surface area contributed by atoms with Crippen LogP contribution in [0, 0.1) is 5.92 Å². The molecular weight excluding hydrogens is 577 g/mol. The molecule has 0 bridgehead atoms. The van der Waals surface area contributed by atoms with Crippen LogP contribution in [0.15, 0.2) is 188 Å². The van der Waals surface area contributed by atoms with Crippen LogP contribution in [0.5, 0.6) is 0 Å². The van der Waals surface area contributed by atoms with E-state index in [9.17, 15) is 0 Å². The molecule has 0 N–H and O–H groups in total. The molecule has 10 rings (SSSR count). The Hall–Kier alpha value is -5.98. The molecule has 0 saturated heterocycles. The number of rotatable bonds is 3. The van der Waals surface area contributed by atoms with Crippen molar-refractivity contribution in [1.82, 2.24) is 0 Å². The molecule has 2 aliphatic rings. The molecular formula is C48H32. The summed E-state index contributed by atoms with van der Waals surface area (Å²) >= 11 is 0. The fourth-order valence-electron chi connectivity index (χ4n) is 8.47. The summed E-state index contributed by atoms with van der Waals surface area (Å²) in [5, 5.41) is 10.4. The summed E-state index contributed by atoms with van der Waals surface area (Å²) in [7, 11) is 0. The standard InChI is InChI=1S/C48H32/c1-2-12-34-29-36(26-23-31(34)11-1)48-44-19-9-7-17-42(44)47(43-18-8-10-20-45(43)48)33-24-21-32(22-25-33)35-27-28-41-39-15-4-3-13-37(39)38-14-5-6-16-40(38)46(41)30-35/h1-30,44,48H. The molecule has 0 radical (unpaired) electrons. The van der Waals surface area contributed by atoms with Gasteiger partial charge in [-0.15, -0.1) is 0 Å². The summed E-state index contributed by atoms with van der Waals surface area (Å²) in [6.07, 6.45) is 9.18. The van der Waals surface area contributed by atoms with Crippen LogP contribution < -0.4 is 0 Å². The van der Waals surface area contributed by atoms with Crippen LogP contribution in [0.25, 0.3) is 59.8 Å². The Bertz CT molecular complexity index is 2630. The number of allylic oxidation sites excluding steroid dienone is 5. The van der Waals surface area contributed by atoms with E-state index in [1.807, 2.05) is 0 Å². The lowest BCUT2D eigenvalue weighted by Gasteiger charge is -2.37. The van der Waals surface area contributed by atoms with Gasteiger partial charge in [-0.25, -0.2) is 0 Å². The number of fused-ring (bicyclic) bond motifs is 9. The predicted octanol–water partition coefficient (Wildman–Crippen LogP) is 12.7. The van der Waals surface area contributed by atoms with E-state index in [1.165, 1.54) is 87.6 Å². The summed E-state index contributed by atoms with van der Waals surface area (Å²) in [6, 6.07) is 58.6. The zero-order valence-corrected chi connectivity index (χ0v) is 26.5. The second-order valence-electron chi connectivity index (χ2n) is 13.2. The molecule has 8 aromatic rings. The lowest BCUT2D eigenvalue weighted by molar-refractivity contribution is 0.649. The minimum absolute atomic E-state index is 0.258. The van der Waals surface area contributed by atoms with Crippen molar-refractivity contribution in [3.8, 4) is 11.1 Å². The van der Waals surface area contributed by atoms with Gasteiger partial charge in [0.2, 0.25) is 0 Å². The summed E-state index contributed by atoms with van der Waals surface area (Å²) in [6.45, 7) is 0. The number of benzene rings is 8. The van der Waals surface area contributed by atoms with Gasteiger partial charge in [-0.05, 0) is 93.7 Å². The van der Waals surface area contributed by atoms with Crippen molar-refractivity contribution in [2.24, 2.45) is 5.92 Å². The van der Waals surface area contributed by atoms with Crippen LogP contribution >= 0.6 is 0 Å². The molecule has 2 aliphatic carbocycles. The number of hydrogen-bond donors (Lipinski definition) is 0. The average Bonchev–Trinajstić information content (AvgIpc) is 3.17. The molecule has 8 aromatic carbocycles. The molecule has 2 unspecified atom stereocenters. The van der Waals surface area contributed by atoms with Gasteiger partial charge in [0.1, 0.15) is 0 Å². The highest BCUT2D eigenvalue weighted by Gasteiger charge is 2.35. The second-order valence-corrected chi connectivity index (χ2v) is 13.2. The predicted molar refractivity (Wildman–Crippen MR) is 204 cm³/mol. The zero-order chi connectivity index (χ0) is 31.6. The topological polar surface area (TPSA) is 0 Å². The van der Waals surface area contributed by atoms with E-state index in [0.29, 0.717) is 0 Å². The van der Waals surface area contributed by atoms with Crippen LogP contribution in [-0.2, 0) is 0 Å². The molecule has 2 atom stereocenters. The lowest BCUT2D eigenvalue weighted by atomic mass is 9.66. The Kier molecular flexibility index (Phi) is 6.11. The monoisotopic (exact) mass is 608 g/mol. The van der Waals surface area contributed by atoms with Crippen LogP contribution in [0.2, 0.25) is 0 Å². The van der Waals surface area contributed by atoms with Crippen molar-refractivity contribution in [2.45, 2.75) is 5.92 Å². The summed E-state index contributed by atoms with van der Waals surface area (Å²) in [5.74, 6) is 0.526. The summed E-state index contributed by atoms with van der Waals surface area (Å²) in [5.41, 5.74) is 10.6. The van der Waals surface area contributed by atoms with Crippen molar-refractivity contribution in [1.29, 1.82) is 0 Å². The molecule has 0 amide bonds. The first-order chi connectivity index (χ1) is 23.8. The second kappa shape index (κ2) is 10.8. The zero-order valence-electron chi connectivity index (χ0n) is 26.5. The van der Waals surface area contributed by atoms with Crippen molar-refractivity contribution in [3.05, 3.63) is 210 Å². The van der Waals surface area contributed by atoms with Gasteiger partial charge in [-0.2, -0.15) is 0 Å². The first-order valence-electron chi connectivity index (χ1n) is 16.9. The van der Waals surface area contributed by atoms with Crippen molar-refractivity contribution >= 4 is 48.7 Å². The Morgan fingerprint density at radius 3 is 1.77 bits per heavy atom. The maximum absolute atomic E-state index is 2.41. The normalized spacial score (nSPS) is 16.9. The molecule has 0 heteroatoms. The molecule has 0 nitrogen and oxygen atoms in total. The first kappa shape index (κ1) is 27.2. The number of hydrogen-bond acceptors (Lipinski definition) is 0. The Labute approximate surface area is 280 Å². The lowest BCUT2D eigenvalue weighted by Crippen LogP contribution is -2.22. The highest BCUT2D eigenvalue weighted by atomic mass is 14.4. The fourth-order valence-corrected chi connectivity index (χ4v) is 8.47. The quantitative estimate of drug-likeness (QED) is 0.175. The van der Waals surface area contributed by atoms with E-state index in [0.717, 1.165) is 0 Å². The fraction of sp³-hybridized carbons (Fsp3) is 0.0417. The van der Waals surface area contributed by atoms with E-state index in [4.69, 9.17) is 0 Å². The molecule has 48 heavy (non-hydrogen) atoms. The van der Waals surface area contributed by atoms with Gasteiger partial charge in [0.25, 0.3) is 0 Å². The Balaban J connectivity index is 1.09. The molecule has 0 saturated carbocycles. The van der Waals surface area contributed by atoms with Crippen molar-refractivity contribution < 1.29 is 0 Å². The van der Waals surface area contributed by atoms with Crippen LogP contribution in [0.4, 0.5) is 0 Å². The van der Waals surface area contributed by atoms with Gasteiger partial charge in [-0.3, -0.25) is 0 Å². The molecule has 0 aromatic heterocycles. The van der Waals surface area contributed by atoms with Gasteiger partial charge < -0.3 is 0 Å². The third-order valence-corrected chi connectivity index (χ3v) is 10.7. The van der Waals surface area contributed by atoms with Gasteiger partial charge in [0, 0.05) is 11.8 Å². The van der Waals surface area contributed by atoms with Crippen LogP contribution in [0.1, 0.15) is 28.2 Å². The minimum atomic E-state index is 0.258. The third-order valence-electron chi connectivity index (χ3n) is 10.7. The average molecular weight is 609 g/mol. The Morgan fingerprint density at radius 2 is 1.00 bits per heavy atom. The molecule has 0 heterocycles. The van der Waals surface area contributed by atoms with E-state index in [1.54, 1.807) is 0 Å². The molecule has 0 aliphatic heterocycles. The Morgan fingerprint density at radius 1 is 0.396 bits per heavy atom. The van der Waals surface area contributed by atoms with E-state index >= 15 is 0 Å². The first-order valence-corrected chi connectivity index (χ1v) is 16.9. The van der Waals surface area contributed by atoms with Gasteiger partial charge in [0.15, 0.2) is 0 Å². The van der Waals surface area contributed by atoms with Crippen molar-refractivity contribution in [2.75, 3.05) is 0 Å². The van der Waals surface area contributed by atoms with Gasteiger partial charge in [-0.1, -0.05) is 176 Å². The maximum atomic E-state index is 2.41. The summed E-state index contributed by atoms with van der Waals surface area (Å²) < 4.78 is 0. The van der Waals surface area contributed by atoms with E-state index in [-0.39, 0.29) is 11.8 Å². The highest BCUT2D eigenvalue weighted by Crippen LogP contribution is 2.50. The third kappa shape index (κ3) is 4.16. The minimum Gasteiger partial charge on any atom is -0.0760 e. The van der Waals surface area contributed by atoms with Gasteiger partial charge >= 0.3 is 0 Å². The van der Waals surface area contributed by atoms with Crippen LogP contribution in [0.3, 0.4) is 0 Å². The smallest absolute Gasteiger partial charge is 0.0199 e. The molecule has 224 valence electrons. The van der Waals surface area contributed by atoms with Gasteiger partial charge in [0.05, 0.1) is 0 Å². The van der Waals surface area contributed by atoms with Crippen molar-refractivity contribution in [3.63, 3.8) is 0 Å². The summed E-state index contributed by atoms with van der Waals surface area (Å²) in [4.78, 5) is 0. The van der Waals surface area contributed by atoms with E-state index < -0.39 is 0 Å². The molecule has 0 spiro atoms. The SMILES string of the molecule is C1=CC2=C(c3ccc(-c4ccc5c6ccccc6c6ccccc6c5c4)cc3)c3ccccc3C(c3ccc4ccccc4c3)C2C=C1. The maximum Gasteiger partial charge on any atom is 0.0199 e. The molecule has 0 fully saturated rings. The van der Waals surface area contributed by atoms with E-state index in [2.05, 4.69) is 182 Å². The van der Waals surface area contributed by atoms with Crippen LogP contribution in [-0.4, -0.2) is 0 Å².